The molecular formula is C11H13N3O2. The van der Waals surface area contributed by atoms with Crippen LogP contribution < -0.4 is 5.73 Å². The molecular weight excluding hydrogens is 206 g/mol. The van der Waals surface area contributed by atoms with Crippen molar-refractivity contribution >= 4 is 16.6 Å². The zero-order valence-corrected chi connectivity index (χ0v) is 9.01. The van der Waals surface area contributed by atoms with Crippen LogP contribution >= 0.6 is 0 Å². The molecule has 2 rings (SSSR count). The van der Waals surface area contributed by atoms with E-state index in [1.54, 1.807) is 12.1 Å². The summed E-state index contributed by atoms with van der Waals surface area (Å²) in [6.07, 6.45) is 2.71. The molecule has 1 aromatic heterocycles. The minimum Gasteiger partial charge on any atom is -0.350 e. The molecule has 0 unspecified atom stereocenters. The molecule has 0 radical (unpaired) electrons. The smallest absolute Gasteiger partial charge is 0.270 e. The van der Waals surface area contributed by atoms with E-state index in [0.717, 1.165) is 22.9 Å². The molecule has 2 N–H and O–H groups in total. The Morgan fingerprint density at radius 3 is 2.88 bits per heavy atom. The number of aryl methyl sites for hydroxylation is 1. The van der Waals surface area contributed by atoms with Crippen LogP contribution in [-0.4, -0.2) is 16.0 Å². The first-order valence-corrected chi connectivity index (χ1v) is 5.06. The van der Waals surface area contributed by atoms with E-state index in [0.29, 0.717) is 6.54 Å². The highest BCUT2D eigenvalue weighted by Gasteiger charge is 2.11. The fourth-order valence-electron chi connectivity index (χ4n) is 1.93. The lowest BCUT2D eigenvalue weighted by Gasteiger charge is -1.97. The Morgan fingerprint density at radius 1 is 1.50 bits per heavy atom. The Labute approximate surface area is 92.6 Å². The second-order valence-electron chi connectivity index (χ2n) is 3.76. The number of rotatable bonds is 3. The number of nitrogens with two attached hydrogens (primary N) is 1. The second kappa shape index (κ2) is 3.94. The number of aromatic nitrogens is 1. The van der Waals surface area contributed by atoms with Crippen LogP contribution in [-0.2, 0) is 13.5 Å². The fourth-order valence-corrected chi connectivity index (χ4v) is 1.93. The molecule has 5 heteroatoms. The van der Waals surface area contributed by atoms with E-state index in [4.69, 9.17) is 5.73 Å². The topological polar surface area (TPSA) is 74.1 Å². The molecule has 2 aromatic rings. The van der Waals surface area contributed by atoms with Gasteiger partial charge in [-0.1, -0.05) is 0 Å². The summed E-state index contributed by atoms with van der Waals surface area (Å²) in [6, 6.07) is 4.91. The summed E-state index contributed by atoms with van der Waals surface area (Å²) in [6.45, 7) is 0.543. The third-order valence-electron chi connectivity index (χ3n) is 2.68. The van der Waals surface area contributed by atoms with Crippen LogP contribution in [0, 0.1) is 10.1 Å². The van der Waals surface area contributed by atoms with E-state index in [2.05, 4.69) is 0 Å². The monoisotopic (exact) mass is 219 g/mol. The van der Waals surface area contributed by atoms with Gasteiger partial charge in [-0.2, -0.15) is 0 Å². The summed E-state index contributed by atoms with van der Waals surface area (Å²) < 4.78 is 1.96. The maximum absolute atomic E-state index is 10.7. The van der Waals surface area contributed by atoms with Crippen molar-refractivity contribution in [1.82, 2.24) is 4.57 Å². The molecule has 0 aliphatic carbocycles. The van der Waals surface area contributed by atoms with Gasteiger partial charge in [0.2, 0.25) is 0 Å². The van der Waals surface area contributed by atoms with Gasteiger partial charge >= 0.3 is 0 Å². The Bertz CT molecular complexity index is 545. The first kappa shape index (κ1) is 10.6. The Kier molecular flexibility index (Phi) is 2.62. The van der Waals surface area contributed by atoms with Crippen molar-refractivity contribution < 1.29 is 4.92 Å². The molecule has 0 amide bonds. The van der Waals surface area contributed by atoms with Crippen LogP contribution in [0.5, 0.6) is 0 Å². The molecule has 1 heterocycles. The maximum Gasteiger partial charge on any atom is 0.270 e. The lowest BCUT2D eigenvalue weighted by molar-refractivity contribution is -0.384. The molecule has 0 aliphatic heterocycles. The first-order valence-electron chi connectivity index (χ1n) is 5.06. The van der Waals surface area contributed by atoms with Crippen molar-refractivity contribution in [2.24, 2.45) is 12.8 Å². The summed E-state index contributed by atoms with van der Waals surface area (Å²) in [7, 11) is 1.92. The quantitative estimate of drug-likeness (QED) is 0.629. The average Bonchev–Trinajstić information content (AvgIpc) is 2.56. The molecule has 0 fully saturated rings. The van der Waals surface area contributed by atoms with Crippen LogP contribution in [0.4, 0.5) is 5.69 Å². The third-order valence-corrected chi connectivity index (χ3v) is 2.68. The van der Waals surface area contributed by atoms with Crippen LogP contribution in [0.25, 0.3) is 10.9 Å². The fraction of sp³-hybridized carbons (Fsp3) is 0.273. The van der Waals surface area contributed by atoms with Gasteiger partial charge in [-0.15, -0.1) is 0 Å². The molecule has 1 aromatic carbocycles. The molecule has 0 saturated carbocycles. The van der Waals surface area contributed by atoms with Crippen LogP contribution in [0.3, 0.4) is 0 Å². The van der Waals surface area contributed by atoms with E-state index < -0.39 is 0 Å². The number of nitrogens with zero attached hydrogens (tertiary/aromatic N) is 2. The highest BCUT2D eigenvalue weighted by Crippen LogP contribution is 2.25. The third kappa shape index (κ3) is 1.65. The van der Waals surface area contributed by atoms with Gasteiger partial charge in [0.15, 0.2) is 0 Å². The van der Waals surface area contributed by atoms with E-state index >= 15 is 0 Å². The Morgan fingerprint density at radius 2 is 2.25 bits per heavy atom. The standard InChI is InChI=1S/C11H13N3O2/c1-13-7-8(4-5-12)10-6-9(14(15)16)2-3-11(10)13/h2-3,6-7H,4-5,12H2,1H3. The lowest BCUT2D eigenvalue weighted by Crippen LogP contribution is -2.02. The largest absolute Gasteiger partial charge is 0.350 e. The number of nitro groups is 1. The van der Waals surface area contributed by atoms with E-state index in [-0.39, 0.29) is 10.6 Å². The van der Waals surface area contributed by atoms with E-state index in [1.165, 1.54) is 6.07 Å². The summed E-state index contributed by atoms with van der Waals surface area (Å²) in [5.41, 5.74) is 7.69. The average molecular weight is 219 g/mol. The molecule has 0 aliphatic rings. The summed E-state index contributed by atoms with van der Waals surface area (Å²) in [5, 5.41) is 11.6. The molecule has 0 bridgehead atoms. The van der Waals surface area contributed by atoms with Crippen molar-refractivity contribution in [2.45, 2.75) is 6.42 Å². The van der Waals surface area contributed by atoms with Gasteiger partial charge in [0.1, 0.15) is 0 Å². The predicted molar refractivity (Wildman–Crippen MR) is 62.3 cm³/mol. The van der Waals surface area contributed by atoms with Gasteiger partial charge in [-0.3, -0.25) is 10.1 Å². The number of benzene rings is 1. The Hall–Kier alpha value is -1.88. The predicted octanol–water partition coefficient (Wildman–Crippen LogP) is 1.59. The SMILES string of the molecule is Cn1cc(CCN)c2cc([N+](=O)[O-])ccc21. The van der Waals surface area contributed by atoms with Crippen molar-refractivity contribution in [2.75, 3.05) is 6.54 Å². The Balaban J connectivity index is 2.64. The number of nitro benzene ring substituents is 1. The van der Waals surface area contributed by atoms with Gasteiger partial charge < -0.3 is 10.3 Å². The number of hydrogen-bond acceptors (Lipinski definition) is 3. The van der Waals surface area contributed by atoms with Crippen LogP contribution in [0.1, 0.15) is 5.56 Å². The zero-order valence-electron chi connectivity index (χ0n) is 9.01. The van der Waals surface area contributed by atoms with E-state index in [9.17, 15) is 10.1 Å². The van der Waals surface area contributed by atoms with Gasteiger partial charge in [0.05, 0.1) is 4.92 Å². The molecule has 84 valence electrons. The van der Waals surface area contributed by atoms with Crippen molar-refractivity contribution in [1.29, 1.82) is 0 Å². The normalized spacial score (nSPS) is 10.9. The van der Waals surface area contributed by atoms with Gasteiger partial charge in [-0.05, 0) is 24.6 Å². The zero-order chi connectivity index (χ0) is 11.7. The van der Waals surface area contributed by atoms with Gasteiger partial charge in [0.25, 0.3) is 5.69 Å². The highest BCUT2D eigenvalue weighted by molar-refractivity contribution is 5.86. The number of hydrogen-bond donors (Lipinski definition) is 1. The van der Waals surface area contributed by atoms with Crippen molar-refractivity contribution in [3.8, 4) is 0 Å². The van der Waals surface area contributed by atoms with Crippen LogP contribution in [0.15, 0.2) is 24.4 Å². The minimum atomic E-state index is -0.376. The molecule has 16 heavy (non-hydrogen) atoms. The van der Waals surface area contributed by atoms with Crippen molar-refractivity contribution in [3.05, 3.63) is 40.1 Å². The maximum atomic E-state index is 10.7. The molecule has 0 spiro atoms. The second-order valence-corrected chi connectivity index (χ2v) is 3.76. The van der Waals surface area contributed by atoms with E-state index in [1.807, 2.05) is 17.8 Å². The first-order chi connectivity index (χ1) is 7.63. The highest BCUT2D eigenvalue weighted by atomic mass is 16.6. The lowest BCUT2D eigenvalue weighted by atomic mass is 10.1. The summed E-state index contributed by atoms with van der Waals surface area (Å²) >= 11 is 0. The number of non-ortho nitro benzene ring substituents is 1. The number of fused-ring (bicyclic) bond motifs is 1. The molecule has 5 nitrogen and oxygen atoms in total. The molecule has 0 saturated heterocycles. The van der Waals surface area contributed by atoms with Crippen LogP contribution in [0.2, 0.25) is 0 Å². The summed E-state index contributed by atoms with van der Waals surface area (Å²) in [4.78, 5) is 10.3. The summed E-state index contributed by atoms with van der Waals surface area (Å²) in [5.74, 6) is 0. The van der Waals surface area contributed by atoms with Gasteiger partial charge in [-0.25, -0.2) is 0 Å². The minimum absolute atomic E-state index is 0.122. The molecule has 0 atom stereocenters. The van der Waals surface area contributed by atoms with Crippen molar-refractivity contribution in [3.63, 3.8) is 0 Å². The van der Waals surface area contributed by atoms with Gasteiger partial charge in [0, 0.05) is 36.3 Å².